The zero-order valence-corrected chi connectivity index (χ0v) is 23.9. The highest BCUT2D eigenvalue weighted by Crippen LogP contribution is 2.55. The molecule has 4 nitrogen and oxygen atoms in total. The van der Waals surface area contributed by atoms with E-state index in [0.29, 0.717) is 0 Å². The molecule has 2 aliphatic rings. The van der Waals surface area contributed by atoms with Gasteiger partial charge in [-0.15, -0.1) is 0 Å². The standard InChI is InChI=1S/C37H34O4/c1-6-8-24-22-25(9-7-2)35-32-20-21-37(26-10-14-28(38-3)15-11-26,27-12-16-29(39-4)17-13-27)41-36(32)33-23-30(40-5)18-19-31(33)34(24)35/h6-21,23,25H,1,22H2,2-5H3/b9-7+,24-8+. The van der Waals surface area contributed by atoms with E-state index in [4.69, 9.17) is 18.9 Å². The van der Waals surface area contributed by atoms with Crippen LogP contribution in [0.3, 0.4) is 0 Å². The molecular formula is C37H34O4. The van der Waals surface area contributed by atoms with Gasteiger partial charge in [-0.25, -0.2) is 0 Å². The van der Waals surface area contributed by atoms with Gasteiger partial charge in [-0.2, -0.15) is 0 Å². The van der Waals surface area contributed by atoms with Gasteiger partial charge in [0.2, 0.25) is 0 Å². The largest absolute Gasteiger partial charge is 0.497 e. The summed E-state index contributed by atoms with van der Waals surface area (Å²) in [4.78, 5) is 0. The quantitative estimate of drug-likeness (QED) is 0.219. The molecule has 1 aliphatic carbocycles. The molecule has 0 aromatic heterocycles. The van der Waals surface area contributed by atoms with Crippen LogP contribution in [-0.2, 0) is 5.60 Å². The van der Waals surface area contributed by atoms with Crippen molar-refractivity contribution in [2.75, 3.05) is 21.3 Å². The van der Waals surface area contributed by atoms with Gasteiger partial charge < -0.3 is 18.9 Å². The molecule has 6 rings (SSSR count). The van der Waals surface area contributed by atoms with Crippen LogP contribution in [-0.4, -0.2) is 21.3 Å². The van der Waals surface area contributed by atoms with E-state index in [2.05, 4.69) is 80.3 Å². The summed E-state index contributed by atoms with van der Waals surface area (Å²) in [7, 11) is 5.06. The predicted molar refractivity (Wildman–Crippen MR) is 167 cm³/mol. The number of methoxy groups -OCH3 is 3. The molecule has 1 aliphatic heterocycles. The molecule has 0 spiro atoms. The molecule has 0 fully saturated rings. The Bertz CT molecular complexity index is 1660. The Balaban J connectivity index is 1.67. The van der Waals surface area contributed by atoms with Crippen molar-refractivity contribution in [2.24, 2.45) is 0 Å². The molecule has 0 saturated heterocycles. The third kappa shape index (κ3) is 4.31. The lowest BCUT2D eigenvalue weighted by molar-refractivity contribution is 0.163. The Labute approximate surface area is 241 Å². The fourth-order valence-corrected chi connectivity index (χ4v) is 6.29. The maximum atomic E-state index is 7.31. The summed E-state index contributed by atoms with van der Waals surface area (Å²) >= 11 is 0. The molecule has 0 saturated carbocycles. The van der Waals surface area contributed by atoms with Crippen molar-refractivity contribution in [1.82, 2.24) is 0 Å². The average molecular weight is 543 g/mol. The van der Waals surface area contributed by atoms with Crippen molar-refractivity contribution >= 4 is 22.4 Å². The van der Waals surface area contributed by atoms with Crippen molar-refractivity contribution < 1.29 is 18.9 Å². The van der Waals surface area contributed by atoms with E-state index in [-0.39, 0.29) is 5.92 Å². The molecule has 0 radical (unpaired) electrons. The lowest BCUT2D eigenvalue weighted by Crippen LogP contribution is -2.34. The second-order valence-corrected chi connectivity index (χ2v) is 10.3. The average Bonchev–Trinajstić information content (AvgIpc) is 3.38. The van der Waals surface area contributed by atoms with E-state index >= 15 is 0 Å². The van der Waals surface area contributed by atoms with Gasteiger partial charge in [-0.3, -0.25) is 0 Å². The zero-order chi connectivity index (χ0) is 28.6. The first-order chi connectivity index (χ1) is 20.1. The summed E-state index contributed by atoms with van der Waals surface area (Å²) in [5.74, 6) is 3.46. The van der Waals surface area contributed by atoms with Crippen LogP contribution in [0.4, 0.5) is 0 Å². The molecule has 0 N–H and O–H groups in total. The number of hydrogen-bond acceptors (Lipinski definition) is 4. The highest BCUT2D eigenvalue weighted by atomic mass is 16.5. The van der Waals surface area contributed by atoms with E-state index in [0.717, 1.165) is 56.9 Å². The number of hydrogen-bond donors (Lipinski definition) is 0. The normalized spacial score (nSPS) is 17.8. The van der Waals surface area contributed by atoms with Gasteiger partial charge in [0.1, 0.15) is 23.0 Å². The Hall–Kier alpha value is -4.70. The number of ether oxygens (including phenoxy) is 4. The second-order valence-electron chi connectivity index (χ2n) is 10.3. The van der Waals surface area contributed by atoms with Crippen LogP contribution in [0, 0.1) is 0 Å². The highest BCUT2D eigenvalue weighted by molar-refractivity contribution is 6.05. The van der Waals surface area contributed by atoms with Gasteiger partial charge in [0, 0.05) is 28.0 Å². The van der Waals surface area contributed by atoms with Gasteiger partial charge in [0.25, 0.3) is 0 Å². The topological polar surface area (TPSA) is 36.9 Å². The van der Waals surface area contributed by atoms with E-state index < -0.39 is 5.60 Å². The molecule has 1 atom stereocenters. The first-order valence-corrected chi connectivity index (χ1v) is 13.9. The van der Waals surface area contributed by atoms with Crippen molar-refractivity contribution in [1.29, 1.82) is 0 Å². The smallest absolute Gasteiger partial charge is 0.178 e. The number of fused-ring (bicyclic) bond motifs is 6. The van der Waals surface area contributed by atoms with Crippen molar-refractivity contribution in [3.8, 4) is 23.0 Å². The van der Waals surface area contributed by atoms with Crippen LogP contribution >= 0.6 is 0 Å². The van der Waals surface area contributed by atoms with E-state index in [9.17, 15) is 0 Å². The fraction of sp³-hybridized carbons (Fsp3) is 0.189. The first-order valence-electron chi connectivity index (χ1n) is 13.9. The van der Waals surface area contributed by atoms with E-state index in [1.54, 1.807) is 21.3 Å². The predicted octanol–water partition coefficient (Wildman–Crippen LogP) is 8.85. The number of benzene rings is 4. The minimum absolute atomic E-state index is 0.240. The molecule has 0 amide bonds. The van der Waals surface area contributed by atoms with Crippen molar-refractivity contribution in [3.05, 3.63) is 132 Å². The molecule has 41 heavy (non-hydrogen) atoms. The maximum Gasteiger partial charge on any atom is 0.178 e. The molecule has 0 bridgehead atoms. The lowest BCUT2D eigenvalue weighted by Gasteiger charge is -2.37. The summed E-state index contributed by atoms with van der Waals surface area (Å²) in [6.45, 7) is 6.08. The Morgan fingerprint density at radius 2 is 1.44 bits per heavy atom. The van der Waals surface area contributed by atoms with Crippen molar-refractivity contribution in [2.45, 2.75) is 24.9 Å². The van der Waals surface area contributed by atoms with Crippen LogP contribution in [0.15, 0.2) is 104 Å². The second kappa shape index (κ2) is 10.7. The van der Waals surface area contributed by atoms with Gasteiger partial charge in [-0.1, -0.05) is 61.2 Å². The summed E-state index contributed by atoms with van der Waals surface area (Å²) in [6, 6.07) is 22.5. The minimum atomic E-state index is -0.871. The van der Waals surface area contributed by atoms with Gasteiger partial charge in [-0.05, 0) is 84.0 Å². The van der Waals surface area contributed by atoms with Crippen LogP contribution in [0.5, 0.6) is 23.0 Å². The maximum absolute atomic E-state index is 7.31. The van der Waals surface area contributed by atoms with Crippen LogP contribution in [0.25, 0.3) is 22.4 Å². The third-order valence-corrected chi connectivity index (χ3v) is 8.21. The summed E-state index contributed by atoms with van der Waals surface area (Å²) in [5, 5.41) is 2.17. The fourth-order valence-electron chi connectivity index (χ4n) is 6.29. The number of rotatable bonds is 7. The van der Waals surface area contributed by atoms with Crippen LogP contribution in [0.2, 0.25) is 0 Å². The lowest BCUT2D eigenvalue weighted by atomic mass is 9.81. The molecule has 4 aromatic rings. The zero-order valence-electron chi connectivity index (χ0n) is 23.9. The molecule has 206 valence electrons. The third-order valence-electron chi connectivity index (χ3n) is 8.21. The van der Waals surface area contributed by atoms with Gasteiger partial charge >= 0.3 is 0 Å². The molecular weight excluding hydrogens is 508 g/mol. The molecule has 1 unspecified atom stereocenters. The highest BCUT2D eigenvalue weighted by Gasteiger charge is 2.41. The minimum Gasteiger partial charge on any atom is -0.497 e. The monoisotopic (exact) mass is 542 g/mol. The first kappa shape index (κ1) is 26.5. The Kier molecular flexibility index (Phi) is 6.92. The molecule has 4 heteroatoms. The summed E-state index contributed by atoms with van der Waals surface area (Å²) in [5.41, 5.74) is 6.07. The van der Waals surface area contributed by atoms with Crippen LogP contribution in [0.1, 0.15) is 47.1 Å². The Morgan fingerprint density at radius 1 is 0.829 bits per heavy atom. The summed E-state index contributed by atoms with van der Waals surface area (Å²) in [6.07, 6.45) is 13.8. The summed E-state index contributed by atoms with van der Waals surface area (Å²) < 4.78 is 24.0. The van der Waals surface area contributed by atoms with E-state index in [1.807, 2.05) is 36.4 Å². The number of allylic oxidation sites excluding steroid dienone is 5. The molecule has 1 heterocycles. The van der Waals surface area contributed by atoms with Gasteiger partial charge in [0.15, 0.2) is 5.60 Å². The van der Waals surface area contributed by atoms with Crippen LogP contribution < -0.4 is 18.9 Å². The Morgan fingerprint density at radius 3 is 2.00 bits per heavy atom. The van der Waals surface area contributed by atoms with Crippen molar-refractivity contribution in [3.63, 3.8) is 0 Å². The van der Waals surface area contributed by atoms with Gasteiger partial charge in [0.05, 0.1) is 21.3 Å². The van der Waals surface area contributed by atoms with E-state index in [1.165, 1.54) is 16.7 Å². The molecule has 4 aromatic carbocycles. The SMILES string of the molecule is C=C/C=C1\CC(/C=C/C)c2c3c(c4cc(OC)ccc4c21)OC(c1ccc(OC)cc1)(c1ccc(OC)cc1)C=C3.